The second-order valence-corrected chi connectivity index (χ2v) is 7.06. The number of hydrogen-bond acceptors (Lipinski definition) is 4. The van der Waals surface area contributed by atoms with E-state index in [2.05, 4.69) is 16.7 Å². The zero-order valence-electron chi connectivity index (χ0n) is 16.7. The van der Waals surface area contributed by atoms with Crippen molar-refractivity contribution in [1.82, 2.24) is 10.6 Å². The highest BCUT2D eigenvalue weighted by Crippen LogP contribution is 2.49. The van der Waals surface area contributed by atoms with E-state index >= 15 is 0 Å². The first kappa shape index (κ1) is 19.9. The molecule has 0 aromatic heterocycles. The van der Waals surface area contributed by atoms with E-state index in [1.54, 1.807) is 21.3 Å². The second kappa shape index (κ2) is 8.87. The number of urea groups is 1. The van der Waals surface area contributed by atoms with E-state index in [0.717, 1.165) is 36.3 Å². The van der Waals surface area contributed by atoms with Crippen LogP contribution in [0.4, 0.5) is 4.79 Å². The molecule has 3 rings (SSSR count). The normalized spacial score (nSPS) is 14.1. The average Bonchev–Trinajstić information content (AvgIpc) is 3.53. The molecule has 150 valence electrons. The van der Waals surface area contributed by atoms with E-state index in [1.807, 2.05) is 36.4 Å². The van der Waals surface area contributed by atoms with Crippen LogP contribution in [-0.2, 0) is 11.8 Å². The molecule has 0 saturated heterocycles. The monoisotopic (exact) mass is 384 g/mol. The van der Waals surface area contributed by atoms with Crippen molar-refractivity contribution in [3.8, 4) is 17.2 Å². The molecule has 0 bridgehead atoms. The fourth-order valence-electron chi connectivity index (χ4n) is 3.31. The number of benzene rings is 2. The van der Waals surface area contributed by atoms with Gasteiger partial charge in [0.15, 0.2) is 11.5 Å². The van der Waals surface area contributed by atoms with E-state index in [4.69, 9.17) is 14.2 Å². The highest BCUT2D eigenvalue weighted by Gasteiger charge is 2.44. The highest BCUT2D eigenvalue weighted by atomic mass is 16.5. The van der Waals surface area contributed by atoms with Crippen molar-refractivity contribution in [2.75, 3.05) is 34.4 Å². The van der Waals surface area contributed by atoms with Gasteiger partial charge in [0.05, 0.1) is 21.3 Å². The number of rotatable bonds is 9. The fraction of sp³-hybridized carbons (Fsp3) is 0.409. The van der Waals surface area contributed by atoms with Crippen molar-refractivity contribution in [3.05, 3.63) is 53.6 Å². The number of methoxy groups -OCH3 is 3. The molecule has 1 aliphatic rings. The van der Waals surface area contributed by atoms with Crippen molar-refractivity contribution in [3.63, 3.8) is 0 Å². The van der Waals surface area contributed by atoms with E-state index in [1.165, 1.54) is 5.56 Å². The van der Waals surface area contributed by atoms with E-state index < -0.39 is 0 Å². The molecule has 2 aromatic carbocycles. The number of nitrogens with one attached hydrogen (secondary N) is 2. The third-order valence-electron chi connectivity index (χ3n) is 5.30. The summed E-state index contributed by atoms with van der Waals surface area (Å²) in [6, 6.07) is 13.7. The minimum atomic E-state index is -0.139. The molecule has 0 spiro atoms. The summed E-state index contributed by atoms with van der Waals surface area (Å²) in [6.07, 6.45) is 2.88. The Kier molecular flexibility index (Phi) is 6.29. The van der Waals surface area contributed by atoms with Crippen molar-refractivity contribution < 1.29 is 19.0 Å². The maximum atomic E-state index is 12.2. The van der Waals surface area contributed by atoms with Gasteiger partial charge < -0.3 is 24.8 Å². The van der Waals surface area contributed by atoms with Gasteiger partial charge in [-0.05, 0) is 54.7 Å². The topological polar surface area (TPSA) is 68.8 Å². The van der Waals surface area contributed by atoms with Gasteiger partial charge in [0, 0.05) is 18.5 Å². The molecule has 0 atom stereocenters. The molecule has 2 aromatic rings. The first-order chi connectivity index (χ1) is 13.6. The van der Waals surface area contributed by atoms with Crippen LogP contribution in [0.5, 0.6) is 17.2 Å². The van der Waals surface area contributed by atoms with Crippen LogP contribution in [0.2, 0.25) is 0 Å². The van der Waals surface area contributed by atoms with E-state index in [9.17, 15) is 4.79 Å². The molecule has 0 radical (unpaired) electrons. The number of carbonyl (C=O) groups is 1. The Balaban J connectivity index is 1.47. The summed E-state index contributed by atoms with van der Waals surface area (Å²) in [4.78, 5) is 12.2. The van der Waals surface area contributed by atoms with Gasteiger partial charge in [0.25, 0.3) is 0 Å². The van der Waals surface area contributed by atoms with Crippen molar-refractivity contribution in [2.45, 2.75) is 24.7 Å². The van der Waals surface area contributed by atoms with Crippen LogP contribution in [0.15, 0.2) is 42.5 Å². The molecule has 28 heavy (non-hydrogen) atoms. The number of hydrogen-bond donors (Lipinski definition) is 2. The molecule has 6 nitrogen and oxygen atoms in total. The molecule has 1 aliphatic carbocycles. The Morgan fingerprint density at radius 2 is 1.64 bits per heavy atom. The van der Waals surface area contributed by atoms with Gasteiger partial charge in [-0.25, -0.2) is 4.79 Å². The summed E-state index contributed by atoms with van der Waals surface area (Å²) < 4.78 is 15.9. The van der Waals surface area contributed by atoms with Gasteiger partial charge in [0.1, 0.15) is 5.75 Å². The standard InChI is InChI=1S/C22H28N2O4/c1-26-18-7-4-16(5-8-18)10-13-23-21(25)24-15-22(11-12-22)17-6-9-19(27-2)20(14-17)28-3/h4-9,14H,10-13,15H2,1-3H3,(H2,23,24,25). The van der Waals surface area contributed by atoms with Gasteiger partial charge in [-0.1, -0.05) is 18.2 Å². The van der Waals surface area contributed by atoms with Crippen LogP contribution in [0, 0.1) is 0 Å². The Morgan fingerprint density at radius 1 is 0.929 bits per heavy atom. The molecule has 1 fully saturated rings. The van der Waals surface area contributed by atoms with E-state index in [0.29, 0.717) is 18.8 Å². The molecule has 0 heterocycles. The van der Waals surface area contributed by atoms with Crippen LogP contribution < -0.4 is 24.8 Å². The van der Waals surface area contributed by atoms with Crippen molar-refractivity contribution >= 4 is 6.03 Å². The van der Waals surface area contributed by atoms with Crippen LogP contribution in [0.25, 0.3) is 0 Å². The molecule has 2 N–H and O–H groups in total. The summed E-state index contributed by atoms with van der Waals surface area (Å²) in [5.41, 5.74) is 2.32. The van der Waals surface area contributed by atoms with Crippen LogP contribution in [0.3, 0.4) is 0 Å². The van der Waals surface area contributed by atoms with Crippen molar-refractivity contribution in [1.29, 1.82) is 0 Å². The lowest BCUT2D eigenvalue weighted by molar-refractivity contribution is 0.240. The zero-order valence-corrected chi connectivity index (χ0v) is 16.7. The molecular formula is C22H28N2O4. The maximum absolute atomic E-state index is 12.2. The summed E-state index contributed by atoms with van der Waals surface area (Å²) in [7, 11) is 4.91. The lowest BCUT2D eigenvalue weighted by atomic mass is 9.95. The predicted molar refractivity (Wildman–Crippen MR) is 109 cm³/mol. The van der Waals surface area contributed by atoms with Crippen molar-refractivity contribution in [2.24, 2.45) is 0 Å². The fourth-order valence-corrected chi connectivity index (χ4v) is 3.31. The molecule has 6 heteroatoms. The van der Waals surface area contributed by atoms with Gasteiger partial charge in [0.2, 0.25) is 0 Å². The second-order valence-electron chi connectivity index (χ2n) is 7.06. The number of carbonyl (C=O) groups excluding carboxylic acids is 1. The maximum Gasteiger partial charge on any atom is 0.314 e. The Morgan fingerprint density at radius 3 is 2.25 bits per heavy atom. The summed E-state index contributed by atoms with van der Waals surface area (Å²) in [5, 5.41) is 5.94. The quantitative estimate of drug-likeness (QED) is 0.696. The number of ether oxygens (including phenoxy) is 3. The Labute approximate surface area is 166 Å². The zero-order chi connectivity index (χ0) is 20.0. The van der Waals surface area contributed by atoms with Crippen LogP contribution >= 0.6 is 0 Å². The minimum Gasteiger partial charge on any atom is -0.497 e. The third kappa shape index (κ3) is 4.68. The predicted octanol–water partition coefficient (Wildman–Crippen LogP) is 3.29. The smallest absolute Gasteiger partial charge is 0.314 e. The molecule has 0 aliphatic heterocycles. The Bertz CT molecular complexity index is 801. The summed E-state index contributed by atoms with van der Waals surface area (Å²) in [6.45, 7) is 1.19. The molecular weight excluding hydrogens is 356 g/mol. The summed E-state index contributed by atoms with van der Waals surface area (Å²) >= 11 is 0. The van der Waals surface area contributed by atoms with Crippen LogP contribution in [0.1, 0.15) is 24.0 Å². The lowest BCUT2D eigenvalue weighted by Crippen LogP contribution is -2.40. The van der Waals surface area contributed by atoms with Gasteiger partial charge in [-0.15, -0.1) is 0 Å². The molecule has 1 saturated carbocycles. The van der Waals surface area contributed by atoms with Gasteiger partial charge >= 0.3 is 6.03 Å². The third-order valence-corrected chi connectivity index (χ3v) is 5.30. The Hall–Kier alpha value is -2.89. The lowest BCUT2D eigenvalue weighted by Gasteiger charge is -2.19. The molecule has 0 unspecified atom stereocenters. The first-order valence-corrected chi connectivity index (χ1v) is 9.47. The summed E-state index contributed by atoms with van der Waals surface area (Å²) in [5.74, 6) is 2.26. The average molecular weight is 384 g/mol. The minimum absolute atomic E-state index is 0.00707. The van der Waals surface area contributed by atoms with Gasteiger partial charge in [-0.3, -0.25) is 0 Å². The highest BCUT2D eigenvalue weighted by molar-refractivity contribution is 5.74. The first-order valence-electron chi connectivity index (χ1n) is 9.47. The van der Waals surface area contributed by atoms with Crippen LogP contribution in [-0.4, -0.2) is 40.5 Å². The van der Waals surface area contributed by atoms with E-state index in [-0.39, 0.29) is 11.4 Å². The largest absolute Gasteiger partial charge is 0.497 e. The van der Waals surface area contributed by atoms with Gasteiger partial charge in [-0.2, -0.15) is 0 Å². The molecule has 2 amide bonds. The SMILES string of the molecule is COc1ccc(CCNC(=O)NCC2(c3ccc(OC)c(OC)c3)CC2)cc1. The number of amides is 2.